The van der Waals surface area contributed by atoms with E-state index in [2.05, 4.69) is 199 Å². The van der Waals surface area contributed by atoms with Gasteiger partial charge in [0.05, 0.1) is 5.41 Å². The number of hydrogen-bond acceptors (Lipinski definition) is 5. The van der Waals surface area contributed by atoms with Crippen molar-refractivity contribution in [1.82, 2.24) is 15.0 Å². The van der Waals surface area contributed by atoms with Gasteiger partial charge in [-0.25, -0.2) is 4.98 Å². The standard InChI is InChI=1S/C58H38N4S/c1-4-17-40(18-5-1)55-59-56(41-19-6-2-7-20-41)61-57(60-55)62(44-35-31-39(32-36-44)46-26-16-27-50-49-25-12-15-30-53(49)63-54(46)50)45-37-33-43(34-38-45)58(42-21-8-3-9-22-42)51-28-13-10-23-47(51)48-24-11-14-29-52(48)58/h1-38H. The molecular formula is C58H38N4S. The van der Waals surface area contributed by atoms with Crippen molar-refractivity contribution in [2.75, 3.05) is 4.90 Å². The molecular weight excluding hydrogens is 785 g/mol. The average molecular weight is 823 g/mol. The molecule has 1 aliphatic carbocycles. The summed E-state index contributed by atoms with van der Waals surface area (Å²) >= 11 is 1.85. The summed E-state index contributed by atoms with van der Waals surface area (Å²) in [5.74, 6) is 1.75. The second kappa shape index (κ2) is 15.2. The maximum atomic E-state index is 5.25. The smallest absolute Gasteiger partial charge is 0.238 e. The summed E-state index contributed by atoms with van der Waals surface area (Å²) in [6, 6.07) is 82.2. The van der Waals surface area contributed by atoms with Crippen LogP contribution in [0.25, 0.3) is 65.2 Å². The molecule has 5 heteroatoms. The van der Waals surface area contributed by atoms with Crippen LogP contribution in [0.5, 0.6) is 0 Å². The Labute approximate surface area is 370 Å². The first-order chi connectivity index (χ1) is 31.2. The van der Waals surface area contributed by atoms with E-state index in [4.69, 9.17) is 15.0 Å². The molecule has 0 atom stereocenters. The van der Waals surface area contributed by atoms with E-state index >= 15 is 0 Å². The molecule has 0 unspecified atom stereocenters. The molecule has 0 N–H and O–H groups in total. The number of aromatic nitrogens is 3. The van der Waals surface area contributed by atoms with Crippen molar-refractivity contribution in [1.29, 1.82) is 0 Å². The largest absolute Gasteiger partial charge is 0.279 e. The molecule has 0 saturated carbocycles. The first kappa shape index (κ1) is 36.8. The first-order valence-electron chi connectivity index (χ1n) is 21.3. The zero-order valence-corrected chi connectivity index (χ0v) is 35.0. The van der Waals surface area contributed by atoms with Gasteiger partial charge in [-0.15, -0.1) is 11.3 Å². The second-order valence-electron chi connectivity index (χ2n) is 15.9. The Kier molecular flexibility index (Phi) is 8.87. The van der Waals surface area contributed by atoms with Crippen LogP contribution in [0, 0.1) is 0 Å². The van der Waals surface area contributed by atoms with Crippen LogP contribution in [0.4, 0.5) is 17.3 Å². The average Bonchev–Trinajstić information content (AvgIpc) is 3.90. The summed E-state index contributed by atoms with van der Waals surface area (Å²) < 4.78 is 2.59. The number of thiophene rings is 1. The van der Waals surface area contributed by atoms with Gasteiger partial charge in [0.15, 0.2) is 11.6 Å². The number of benzene rings is 9. The Hall–Kier alpha value is -7.99. The van der Waals surface area contributed by atoms with Crippen molar-refractivity contribution in [3.63, 3.8) is 0 Å². The summed E-state index contributed by atoms with van der Waals surface area (Å²) in [6.45, 7) is 0. The van der Waals surface area contributed by atoms with Gasteiger partial charge in [0, 0.05) is 42.7 Å². The second-order valence-corrected chi connectivity index (χ2v) is 17.0. The highest BCUT2D eigenvalue weighted by atomic mass is 32.1. The minimum Gasteiger partial charge on any atom is -0.279 e. The molecule has 2 heterocycles. The third-order valence-corrected chi connectivity index (χ3v) is 13.7. The van der Waals surface area contributed by atoms with Crippen molar-refractivity contribution in [2.45, 2.75) is 5.41 Å². The Bertz CT molecular complexity index is 3330. The molecule has 0 spiro atoms. The van der Waals surface area contributed by atoms with Gasteiger partial charge < -0.3 is 0 Å². The van der Waals surface area contributed by atoms with E-state index in [9.17, 15) is 0 Å². The van der Waals surface area contributed by atoms with E-state index in [-0.39, 0.29) is 0 Å². The zero-order valence-electron chi connectivity index (χ0n) is 34.1. The molecule has 0 bridgehead atoms. The van der Waals surface area contributed by atoms with E-state index in [1.165, 1.54) is 59.1 Å². The fraction of sp³-hybridized carbons (Fsp3) is 0.0172. The molecule has 1 aliphatic rings. The van der Waals surface area contributed by atoms with Crippen molar-refractivity contribution in [3.8, 4) is 45.0 Å². The Morgan fingerprint density at radius 2 is 0.825 bits per heavy atom. The van der Waals surface area contributed by atoms with Crippen LogP contribution >= 0.6 is 11.3 Å². The van der Waals surface area contributed by atoms with Gasteiger partial charge in [0.25, 0.3) is 0 Å². The van der Waals surface area contributed by atoms with Crippen LogP contribution in [0.2, 0.25) is 0 Å². The molecule has 0 aliphatic heterocycles. The van der Waals surface area contributed by atoms with Crippen molar-refractivity contribution < 1.29 is 0 Å². The maximum absolute atomic E-state index is 5.25. The van der Waals surface area contributed by atoms with Crippen LogP contribution < -0.4 is 4.90 Å². The highest BCUT2D eigenvalue weighted by Crippen LogP contribution is 2.56. The lowest BCUT2D eigenvalue weighted by Crippen LogP contribution is -2.28. The van der Waals surface area contributed by atoms with Gasteiger partial charge >= 0.3 is 0 Å². The van der Waals surface area contributed by atoms with Gasteiger partial charge in [0.2, 0.25) is 5.95 Å². The van der Waals surface area contributed by atoms with Crippen LogP contribution in [-0.2, 0) is 5.41 Å². The Morgan fingerprint density at radius 3 is 1.44 bits per heavy atom. The number of hydrogen-bond donors (Lipinski definition) is 0. The molecule has 0 amide bonds. The lowest BCUT2D eigenvalue weighted by atomic mass is 9.68. The van der Waals surface area contributed by atoms with E-state index < -0.39 is 5.41 Å². The summed E-state index contributed by atoms with van der Waals surface area (Å²) in [6.07, 6.45) is 0. The van der Waals surface area contributed by atoms with E-state index in [0.29, 0.717) is 17.6 Å². The molecule has 0 radical (unpaired) electrons. The fourth-order valence-electron chi connectivity index (χ4n) is 9.61. The lowest BCUT2D eigenvalue weighted by Gasteiger charge is -2.34. The van der Waals surface area contributed by atoms with Gasteiger partial charge in [-0.2, -0.15) is 9.97 Å². The molecule has 296 valence electrons. The summed E-state index contributed by atoms with van der Waals surface area (Å²) in [4.78, 5) is 17.7. The predicted molar refractivity (Wildman–Crippen MR) is 261 cm³/mol. The normalized spacial score (nSPS) is 12.6. The molecule has 0 saturated heterocycles. The zero-order chi connectivity index (χ0) is 41.7. The van der Waals surface area contributed by atoms with Gasteiger partial charge in [0.1, 0.15) is 0 Å². The molecule has 63 heavy (non-hydrogen) atoms. The third kappa shape index (κ3) is 6.08. The molecule has 11 aromatic rings. The van der Waals surface area contributed by atoms with Gasteiger partial charge in [-0.05, 0) is 74.8 Å². The molecule has 9 aromatic carbocycles. The van der Waals surface area contributed by atoms with Crippen molar-refractivity contribution in [2.24, 2.45) is 0 Å². The van der Waals surface area contributed by atoms with Crippen molar-refractivity contribution >= 4 is 48.8 Å². The lowest BCUT2D eigenvalue weighted by molar-refractivity contribution is 0.768. The number of anilines is 3. The third-order valence-electron chi connectivity index (χ3n) is 12.4. The van der Waals surface area contributed by atoms with E-state index in [1.54, 1.807) is 0 Å². The number of rotatable bonds is 8. The molecule has 2 aromatic heterocycles. The maximum Gasteiger partial charge on any atom is 0.238 e. The Morgan fingerprint density at radius 1 is 0.349 bits per heavy atom. The van der Waals surface area contributed by atoms with Crippen LogP contribution in [0.3, 0.4) is 0 Å². The van der Waals surface area contributed by atoms with Gasteiger partial charge in [-0.3, -0.25) is 4.90 Å². The predicted octanol–water partition coefficient (Wildman–Crippen LogP) is 15.1. The van der Waals surface area contributed by atoms with E-state index in [1.807, 2.05) is 47.7 Å². The quantitative estimate of drug-likeness (QED) is 0.153. The highest BCUT2D eigenvalue weighted by molar-refractivity contribution is 7.26. The molecule has 4 nitrogen and oxygen atoms in total. The topological polar surface area (TPSA) is 41.9 Å². The minimum atomic E-state index is -0.513. The monoisotopic (exact) mass is 822 g/mol. The van der Waals surface area contributed by atoms with Gasteiger partial charge in [-0.1, -0.05) is 200 Å². The summed E-state index contributed by atoms with van der Waals surface area (Å²) in [5.41, 5.74) is 13.1. The SMILES string of the molecule is c1ccc(-c2nc(-c3ccccc3)nc(N(c3ccc(-c4cccc5c4sc4ccccc45)cc3)c3ccc(C4(c5ccccc5)c5ccccc5-c5ccccc54)cc3)n2)cc1. The van der Waals surface area contributed by atoms with E-state index in [0.717, 1.165) is 28.1 Å². The highest BCUT2D eigenvalue weighted by Gasteiger charge is 2.45. The minimum absolute atomic E-state index is 0.513. The van der Waals surface area contributed by atoms with Crippen LogP contribution in [0.15, 0.2) is 231 Å². The number of fused-ring (bicyclic) bond motifs is 6. The molecule has 12 rings (SSSR count). The summed E-state index contributed by atoms with van der Waals surface area (Å²) in [5, 5.41) is 2.58. The fourth-order valence-corrected chi connectivity index (χ4v) is 10.9. The van der Waals surface area contributed by atoms with Crippen molar-refractivity contribution in [3.05, 3.63) is 253 Å². The van der Waals surface area contributed by atoms with Crippen LogP contribution in [0.1, 0.15) is 22.3 Å². The number of nitrogens with zero attached hydrogens (tertiary/aromatic N) is 4. The summed E-state index contributed by atoms with van der Waals surface area (Å²) in [7, 11) is 0. The first-order valence-corrected chi connectivity index (χ1v) is 22.1. The molecule has 0 fully saturated rings. The van der Waals surface area contributed by atoms with Crippen LogP contribution in [-0.4, -0.2) is 15.0 Å². The Balaban J connectivity index is 1.05.